The summed E-state index contributed by atoms with van der Waals surface area (Å²) >= 11 is 0. The molecule has 0 aromatic heterocycles. The molecule has 0 spiro atoms. The molecule has 0 saturated heterocycles. The largest absolute Gasteiger partial charge is 0.482 e. The second-order valence-corrected chi connectivity index (χ2v) is 4.92. The Labute approximate surface area is 123 Å². The molecule has 110 valence electrons. The SMILES string of the molecule is Cc1ccc(COc2ccc(CO)cc2[N+](=O)[O-])cc1C. The van der Waals surface area contributed by atoms with E-state index in [-0.39, 0.29) is 24.7 Å². The Balaban J connectivity index is 2.19. The van der Waals surface area contributed by atoms with Crippen LogP contribution in [0, 0.1) is 24.0 Å². The molecule has 0 radical (unpaired) electrons. The number of nitro benzene ring substituents is 1. The van der Waals surface area contributed by atoms with Gasteiger partial charge in [0, 0.05) is 6.07 Å². The van der Waals surface area contributed by atoms with Gasteiger partial charge < -0.3 is 9.84 Å². The molecule has 1 N–H and O–H groups in total. The van der Waals surface area contributed by atoms with Crippen LogP contribution >= 0.6 is 0 Å². The van der Waals surface area contributed by atoms with Gasteiger partial charge >= 0.3 is 5.69 Å². The molecule has 21 heavy (non-hydrogen) atoms. The predicted octanol–water partition coefficient (Wildman–Crippen LogP) is 3.28. The van der Waals surface area contributed by atoms with Crippen LogP contribution in [-0.2, 0) is 13.2 Å². The monoisotopic (exact) mass is 287 g/mol. The van der Waals surface area contributed by atoms with Crippen molar-refractivity contribution in [1.82, 2.24) is 0 Å². The average molecular weight is 287 g/mol. The number of ether oxygens (including phenoxy) is 1. The lowest BCUT2D eigenvalue weighted by Crippen LogP contribution is -2.00. The number of nitro groups is 1. The van der Waals surface area contributed by atoms with E-state index in [1.165, 1.54) is 17.7 Å². The molecule has 0 bridgehead atoms. The first-order valence-corrected chi connectivity index (χ1v) is 6.58. The summed E-state index contributed by atoms with van der Waals surface area (Å²) in [5.41, 5.74) is 3.66. The summed E-state index contributed by atoms with van der Waals surface area (Å²) in [5, 5.41) is 20.1. The molecule has 0 fully saturated rings. The van der Waals surface area contributed by atoms with Crippen LogP contribution in [0.25, 0.3) is 0 Å². The molecule has 2 aromatic carbocycles. The predicted molar refractivity (Wildman–Crippen MR) is 79.3 cm³/mol. The zero-order valence-electron chi connectivity index (χ0n) is 12.0. The van der Waals surface area contributed by atoms with Gasteiger partial charge in [0.25, 0.3) is 0 Å². The number of aliphatic hydroxyl groups is 1. The highest BCUT2D eigenvalue weighted by atomic mass is 16.6. The van der Waals surface area contributed by atoms with Crippen LogP contribution in [0.2, 0.25) is 0 Å². The highest BCUT2D eigenvalue weighted by molar-refractivity contribution is 5.48. The Morgan fingerprint density at radius 2 is 1.81 bits per heavy atom. The summed E-state index contributed by atoms with van der Waals surface area (Å²) in [5.74, 6) is 0.204. The van der Waals surface area contributed by atoms with Crippen molar-refractivity contribution in [3.8, 4) is 5.75 Å². The fourth-order valence-electron chi connectivity index (χ4n) is 1.98. The lowest BCUT2D eigenvalue weighted by atomic mass is 10.1. The normalized spacial score (nSPS) is 10.4. The average Bonchev–Trinajstić information content (AvgIpc) is 2.48. The molecule has 0 atom stereocenters. The summed E-state index contributed by atoms with van der Waals surface area (Å²) in [6.07, 6.45) is 0. The molecule has 0 aliphatic carbocycles. The molecular formula is C16H17NO4. The Morgan fingerprint density at radius 3 is 2.43 bits per heavy atom. The Hall–Kier alpha value is -2.40. The fourth-order valence-corrected chi connectivity index (χ4v) is 1.98. The summed E-state index contributed by atoms with van der Waals surface area (Å²) < 4.78 is 5.56. The standard InChI is InChI=1S/C16H17NO4/c1-11-3-4-14(7-12(11)2)10-21-16-6-5-13(9-18)8-15(16)17(19)20/h3-8,18H,9-10H2,1-2H3. The maximum atomic E-state index is 11.0. The molecule has 5 heteroatoms. The summed E-state index contributed by atoms with van der Waals surface area (Å²) in [4.78, 5) is 10.5. The highest BCUT2D eigenvalue weighted by Crippen LogP contribution is 2.28. The van der Waals surface area contributed by atoms with E-state index in [1.807, 2.05) is 32.0 Å². The second kappa shape index (κ2) is 6.37. The van der Waals surface area contributed by atoms with Crippen molar-refractivity contribution in [3.05, 3.63) is 68.8 Å². The molecule has 5 nitrogen and oxygen atoms in total. The van der Waals surface area contributed by atoms with Gasteiger partial charge in [-0.05, 0) is 42.2 Å². The number of aliphatic hydroxyl groups excluding tert-OH is 1. The maximum Gasteiger partial charge on any atom is 0.311 e. The Morgan fingerprint density at radius 1 is 1.10 bits per heavy atom. The molecule has 2 rings (SSSR count). The third kappa shape index (κ3) is 3.58. The minimum atomic E-state index is -0.505. The van der Waals surface area contributed by atoms with Crippen molar-refractivity contribution in [2.45, 2.75) is 27.1 Å². The number of hydrogen-bond acceptors (Lipinski definition) is 4. The highest BCUT2D eigenvalue weighted by Gasteiger charge is 2.16. The molecule has 0 unspecified atom stereocenters. The van der Waals surface area contributed by atoms with Gasteiger partial charge in [0.2, 0.25) is 0 Å². The van der Waals surface area contributed by atoms with E-state index in [4.69, 9.17) is 9.84 Å². The van der Waals surface area contributed by atoms with Gasteiger partial charge in [-0.3, -0.25) is 10.1 Å². The van der Waals surface area contributed by atoms with Gasteiger partial charge in [-0.2, -0.15) is 0 Å². The van der Waals surface area contributed by atoms with Crippen molar-refractivity contribution in [2.75, 3.05) is 0 Å². The van der Waals surface area contributed by atoms with E-state index in [9.17, 15) is 10.1 Å². The third-order valence-corrected chi connectivity index (χ3v) is 3.37. The number of hydrogen-bond donors (Lipinski definition) is 1. The quantitative estimate of drug-likeness (QED) is 0.676. The van der Waals surface area contributed by atoms with Gasteiger partial charge in [-0.25, -0.2) is 0 Å². The van der Waals surface area contributed by atoms with E-state index < -0.39 is 4.92 Å². The molecule has 0 saturated carbocycles. The first-order chi connectivity index (χ1) is 10.0. The first-order valence-electron chi connectivity index (χ1n) is 6.58. The van der Waals surface area contributed by atoms with Crippen LogP contribution in [0.1, 0.15) is 22.3 Å². The first kappa shape index (κ1) is 15.0. The van der Waals surface area contributed by atoms with Crippen LogP contribution in [0.15, 0.2) is 36.4 Å². The van der Waals surface area contributed by atoms with Gasteiger partial charge in [0.15, 0.2) is 5.75 Å². The minimum absolute atomic E-state index is 0.134. The zero-order valence-corrected chi connectivity index (χ0v) is 12.0. The van der Waals surface area contributed by atoms with Crippen molar-refractivity contribution in [3.63, 3.8) is 0 Å². The van der Waals surface area contributed by atoms with Crippen molar-refractivity contribution in [2.24, 2.45) is 0 Å². The van der Waals surface area contributed by atoms with Gasteiger partial charge in [-0.15, -0.1) is 0 Å². The number of benzene rings is 2. The summed E-state index contributed by atoms with van der Waals surface area (Å²) in [7, 11) is 0. The molecule has 0 heterocycles. The second-order valence-electron chi connectivity index (χ2n) is 4.92. The van der Waals surface area contributed by atoms with Crippen LogP contribution in [-0.4, -0.2) is 10.0 Å². The summed E-state index contributed by atoms with van der Waals surface area (Å²) in [6, 6.07) is 10.4. The third-order valence-electron chi connectivity index (χ3n) is 3.37. The molecule has 2 aromatic rings. The minimum Gasteiger partial charge on any atom is -0.482 e. The van der Waals surface area contributed by atoms with E-state index in [0.29, 0.717) is 5.56 Å². The van der Waals surface area contributed by atoms with Crippen molar-refractivity contribution in [1.29, 1.82) is 0 Å². The Kier molecular flexibility index (Phi) is 4.55. The molecule has 0 aliphatic heterocycles. The van der Waals surface area contributed by atoms with Crippen molar-refractivity contribution >= 4 is 5.69 Å². The van der Waals surface area contributed by atoms with E-state index in [2.05, 4.69) is 0 Å². The van der Waals surface area contributed by atoms with Gasteiger partial charge in [0.05, 0.1) is 11.5 Å². The number of nitrogens with zero attached hydrogens (tertiary/aromatic N) is 1. The van der Waals surface area contributed by atoms with Crippen LogP contribution in [0.4, 0.5) is 5.69 Å². The van der Waals surface area contributed by atoms with Gasteiger partial charge in [0.1, 0.15) is 6.61 Å². The van der Waals surface area contributed by atoms with Gasteiger partial charge in [-0.1, -0.05) is 24.3 Å². The van der Waals surface area contributed by atoms with E-state index in [0.717, 1.165) is 11.1 Å². The van der Waals surface area contributed by atoms with E-state index in [1.54, 1.807) is 6.07 Å². The summed E-state index contributed by atoms with van der Waals surface area (Å²) in [6.45, 7) is 4.06. The Bertz CT molecular complexity index is 667. The van der Waals surface area contributed by atoms with Crippen LogP contribution < -0.4 is 4.74 Å². The molecular weight excluding hydrogens is 270 g/mol. The number of rotatable bonds is 5. The topological polar surface area (TPSA) is 72.6 Å². The maximum absolute atomic E-state index is 11.0. The smallest absolute Gasteiger partial charge is 0.311 e. The molecule has 0 amide bonds. The van der Waals surface area contributed by atoms with Crippen LogP contribution in [0.5, 0.6) is 5.75 Å². The van der Waals surface area contributed by atoms with E-state index >= 15 is 0 Å². The zero-order chi connectivity index (χ0) is 15.4. The van der Waals surface area contributed by atoms with Crippen LogP contribution in [0.3, 0.4) is 0 Å². The molecule has 0 aliphatic rings. The van der Waals surface area contributed by atoms with Crippen molar-refractivity contribution < 1.29 is 14.8 Å². The lowest BCUT2D eigenvalue weighted by Gasteiger charge is -2.09. The fraction of sp³-hybridized carbons (Fsp3) is 0.250. The lowest BCUT2D eigenvalue weighted by molar-refractivity contribution is -0.386. The number of aryl methyl sites for hydroxylation is 2.